The average Bonchev–Trinajstić information content (AvgIpc) is 2.85. The lowest BCUT2D eigenvalue weighted by molar-refractivity contribution is -0.105. The molecule has 4 rings (SSSR count). The fourth-order valence-corrected chi connectivity index (χ4v) is 6.40. The first-order valence-corrected chi connectivity index (χ1v) is 9.53. The molecule has 0 saturated carbocycles. The van der Waals surface area contributed by atoms with E-state index in [-0.39, 0.29) is 10.00 Å². The lowest BCUT2D eigenvalue weighted by Gasteiger charge is -2.46. The smallest absolute Gasteiger partial charge is 0.148 e. The zero-order valence-electron chi connectivity index (χ0n) is 13.1. The van der Waals surface area contributed by atoms with Crippen LogP contribution in [0, 0.1) is 5.92 Å². The van der Waals surface area contributed by atoms with Crippen LogP contribution in [-0.2, 0) is 15.9 Å². The highest BCUT2D eigenvalue weighted by Crippen LogP contribution is 2.64. The van der Waals surface area contributed by atoms with Crippen molar-refractivity contribution in [2.75, 3.05) is 12.1 Å². The third-order valence-corrected chi connectivity index (χ3v) is 8.06. The Morgan fingerprint density at radius 2 is 2.04 bits per heavy atom. The van der Waals surface area contributed by atoms with Crippen LogP contribution in [0.4, 0.5) is 0 Å². The molecule has 2 aromatic rings. The van der Waals surface area contributed by atoms with Crippen LogP contribution in [-0.4, -0.2) is 27.9 Å². The maximum atomic E-state index is 11.6. The van der Waals surface area contributed by atoms with Crippen LogP contribution < -0.4 is 0 Å². The molecule has 1 unspecified atom stereocenters. The summed E-state index contributed by atoms with van der Waals surface area (Å²) in [7, 11) is 4.09. The van der Waals surface area contributed by atoms with Crippen LogP contribution in [0.5, 0.6) is 0 Å². The number of carbonyl (C=O) groups excluding carboxylic acids is 1. The van der Waals surface area contributed by atoms with E-state index in [2.05, 4.69) is 54.2 Å². The number of thioether (sulfide) groups is 2. The summed E-state index contributed by atoms with van der Waals surface area (Å²) in [5.41, 5.74) is 3.37. The third-order valence-electron chi connectivity index (χ3n) is 4.63. The first-order valence-electron chi connectivity index (χ1n) is 7.56. The van der Waals surface area contributed by atoms with Crippen molar-refractivity contribution in [3.8, 4) is 0 Å². The Morgan fingerprint density at radius 3 is 2.70 bits per heavy atom. The molecule has 1 aromatic heterocycles. The highest BCUT2D eigenvalue weighted by Gasteiger charge is 2.50. The van der Waals surface area contributed by atoms with Crippen LogP contribution in [0.2, 0.25) is 0 Å². The Morgan fingerprint density at radius 1 is 1.26 bits per heavy atom. The fourth-order valence-electron chi connectivity index (χ4n) is 3.44. The van der Waals surface area contributed by atoms with Gasteiger partial charge in [0.25, 0.3) is 0 Å². The monoisotopic (exact) mass is 342 g/mol. The summed E-state index contributed by atoms with van der Waals surface area (Å²) in [5, 5.41) is 2.32. The normalized spacial score (nSPS) is 22.8. The first-order chi connectivity index (χ1) is 11.2. The molecule has 0 aliphatic carbocycles. The molecule has 0 radical (unpaired) electrons. The predicted molar refractivity (Wildman–Crippen MR) is 99.2 cm³/mol. The quantitative estimate of drug-likeness (QED) is 0.789. The van der Waals surface area contributed by atoms with Crippen molar-refractivity contribution in [2.45, 2.75) is 4.08 Å². The van der Waals surface area contributed by atoms with E-state index in [1.54, 1.807) is 0 Å². The minimum Gasteiger partial charge on any atom is -0.357 e. The average molecular weight is 342 g/mol. The number of nitrogens with zero attached hydrogens (tertiary/aromatic N) is 2. The van der Waals surface area contributed by atoms with Crippen molar-refractivity contribution in [1.29, 1.82) is 0 Å². The molecule has 1 saturated heterocycles. The largest absolute Gasteiger partial charge is 0.357 e. The second-order valence-corrected chi connectivity index (χ2v) is 9.02. The van der Waals surface area contributed by atoms with Crippen LogP contribution in [0.3, 0.4) is 0 Å². The Bertz CT molecular complexity index is 833. The number of fused-ring (bicyclic) bond motifs is 1. The molecule has 1 atom stereocenters. The second kappa shape index (κ2) is 5.49. The number of carbonyl (C=O) groups is 1. The van der Waals surface area contributed by atoms with E-state index >= 15 is 0 Å². The van der Waals surface area contributed by atoms with Gasteiger partial charge in [-0.1, -0.05) is 24.3 Å². The molecule has 0 bridgehead atoms. The van der Waals surface area contributed by atoms with Gasteiger partial charge in [0.15, 0.2) is 0 Å². The maximum absolute atomic E-state index is 11.6. The van der Waals surface area contributed by atoms with Crippen molar-refractivity contribution in [3.05, 3.63) is 60.1 Å². The minimum absolute atomic E-state index is 0.1000. The number of hydrogen-bond donors (Lipinski definition) is 0. The molecule has 0 N–H and O–H groups in total. The number of para-hydroxylation sites is 1. The predicted octanol–water partition coefficient (Wildman–Crippen LogP) is 3.93. The number of aryl methyl sites for hydroxylation is 1. The first kappa shape index (κ1) is 15.0. The van der Waals surface area contributed by atoms with Gasteiger partial charge in [-0.25, -0.2) is 0 Å². The van der Waals surface area contributed by atoms with Crippen LogP contribution in [0.1, 0.15) is 5.69 Å². The molecule has 3 heterocycles. The second-order valence-electron chi connectivity index (χ2n) is 5.95. The Kier molecular flexibility index (Phi) is 3.58. The summed E-state index contributed by atoms with van der Waals surface area (Å²) in [5.74, 6) is 0.1000. The number of aromatic nitrogens is 1. The van der Waals surface area contributed by atoms with E-state index in [0.29, 0.717) is 0 Å². The maximum Gasteiger partial charge on any atom is 0.148 e. The van der Waals surface area contributed by atoms with Gasteiger partial charge >= 0.3 is 0 Å². The van der Waals surface area contributed by atoms with Crippen molar-refractivity contribution in [1.82, 2.24) is 9.47 Å². The van der Waals surface area contributed by atoms with Crippen molar-refractivity contribution in [3.63, 3.8) is 0 Å². The number of aldehydes is 1. The molecule has 1 aromatic carbocycles. The van der Waals surface area contributed by atoms with Crippen molar-refractivity contribution >= 4 is 40.7 Å². The van der Waals surface area contributed by atoms with Crippen LogP contribution in [0.25, 0.3) is 10.9 Å². The topological polar surface area (TPSA) is 25.2 Å². The fraction of sp³-hybridized carbons (Fsp3) is 0.278. The number of allylic oxidation sites excluding steroid dienone is 2. The lowest BCUT2D eigenvalue weighted by atomic mass is 9.92. The van der Waals surface area contributed by atoms with Gasteiger partial charge in [0.05, 0.1) is 0 Å². The molecule has 2 aliphatic heterocycles. The van der Waals surface area contributed by atoms with E-state index in [4.69, 9.17) is 0 Å². The van der Waals surface area contributed by atoms with Gasteiger partial charge in [-0.2, -0.15) is 0 Å². The lowest BCUT2D eigenvalue weighted by Crippen LogP contribution is -2.38. The summed E-state index contributed by atoms with van der Waals surface area (Å²) in [4.78, 5) is 13.6. The molecule has 5 heteroatoms. The van der Waals surface area contributed by atoms with E-state index < -0.39 is 0 Å². The summed E-state index contributed by atoms with van der Waals surface area (Å²) in [6.45, 7) is 0. The van der Waals surface area contributed by atoms with E-state index in [9.17, 15) is 4.79 Å². The molecular formula is C18H18N2OS2. The summed E-state index contributed by atoms with van der Waals surface area (Å²) >= 11 is 3.87. The van der Waals surface area contributed by atoms with Crippen LogP contribution >= 0.6 is 23.5 Å². The number of benzene rings is 1. The SMILES string of the molecule is CN1C=CC(C2(c3cc4ccccc4n3C)SCS2)C(C=O)=C1. The molecule has 1 fully saturated rings. The molecule has 118 valence electrons. The van der Waals surface area contributed by atoms with Crippen molar-refractivity contribution in [2.24, 2.45) is 13.0 Å². The van der Waals surface area contributed by atoms with Gasteiger partial charge < -0.3 is 9.47 Å². The minimum atomic E-state index is -0.113. The van der Waals surface area contributed by atoms with E-state index in [1.807, 2.05) is 41.7 Å². The highest BCUT2D eigenvalue weighted by molar-refractivity contribution is 8.33. The third kappa shape index (κ3) is 2.17. The molecular weight excluding hydrogens is 324 g/mol. The van der Waals surface area contributed by atoms with E-state index in [1.165, 1.54) is 16.6 Å². The van der Waals surface area contributed by atoms with Crippen molar-refractivity contribution < 1.29 is 4.79 Å². The zero-order valence-corrected chi connectivity index (χ0v) is 14.7. The highest BCUT2D eigenvalue weighted by atomic mass is 32.3. The van der Waals surface area contributed by atoms with E-state index in [0.717, 1.165) is 16.9 Å². The molecule has 23 heavy (non-hydrogen) atoms. The van der Waals surface area contributed by atoms with Gasteiger partial charge in [0, 0.05) is 48.1 Å². The van der Waals surface area contributed by atoms with Gasteiger partial charge in [0.2, 0.25) is 0 Å². The molecule has 0 spiro atoms. The number of rotatable bonds is 3. The Balaban J connectivity index is 1.86. The number of hydrogen-bond acceptors (Lipinski definition) is 4. The van der Waals surface area contributed by atoms with Gasteiger partial charge in [-0.05, 0) is 23.7 Å². The molecule has 3 nitrogen and oxygen atoms in total. The molecule has 0 amide bonds. The zero-order chi connectivity index (χ0) is 16.0. The standard InChI is InChI=1S/C18H18N2OS2/c1-19-8-7-15(14(10-19)11-21)18(22-12-23-18)17-9-13-5-3-4-6-16(13)20(17)2/h3-11,15H,12H2,1-2H3. The van der Waals surface area contributed by atoms with Gasteiger partial charge in [-0.3, -0.25) is 4.79 Å². The Labute approximate surface area is 144 Å². The summed E-state index contributed by atoms with van der Waals surface area (Å²) in [6, 6.07) is 10.7. The summed E-state index contributed by atoms with van der Waals surface area (Å²) < 4.78 is 2.17. The summed E-state index contributed by atoms with van der Waals surface area (Å²) in [6.07, 6.45) is 7.18. The molecule has 2 aliphatic rings. The Hall–Kier alpha value is -1.59. The van der Waals surface area contributed by atoms with Crippen LogP contribution in [0.15, 0.2) is 54.4 Å². The van der Waals surface area contributed by atoms with Gasteiger partial charge in [-0.15, -0.1) is 23.5 Å². The van der Waals surface area contributed by atoms with Gasteiger partial charge in [0.1, 0.15) is 10.4 Å².